The first-order valence-corrected chi connectivity index (χ1v) is 10.1. The molecule has 5 nitrogen and oxygen atoms in total. The van der Waals surface area contributed by atoms with Crippen molar-refractivity contribution in [3.63, 3.8) is 0 Å². The average Bonchev–Trinajstić information content (AvgIpc) is 3.10. The van der Waals surface area contributed by atoms with Gasteiger partial charge in [0.25, 0.3) is 0 Å². The summed E-state index contributed by atoms with van der Waals surface area (Å²) in [6.07, 6.45) is 1.61. The van der Waals surface area contributed by atoms with Crippen LogP contribution in [0.1, 0.15) is 36.5 Å². The Kier molecular flexibility index (Phi) is 9.55. The minimum Gasteiger partial charge on any atom is -0.357 e. The molecule has 2 aromatic rings. The Balaban J connectivity index is 0.00000320. The minimum atomic E-state index is -0.230. The van der Waals surface area contributed by atoms with Crippen molar-refractivity contribution in [1.82, 2.24) is 15.1 Å². The second-order valence-electron chi connectivity index (χ2n) is 7.39. The number of rotatable bonds is 7. The van der Waals surface area contributed by atoms with Gasteiger partial charge in [-0.3, -0.25) is 4.79 Å². The number of carbonyl (C=O) groups excluding carboxylic acids is 1. The van der Waals surface area contributed by atoms with E-state index in [1.165, 1.54) is 6.07 Å². The van der Waals surface area contributed by atoms with Gasteiger partial charge in [0.05, 0.1) is 6.54 Å². The van der Waals surface area contributed by atoms with E-state index in [4.69, 9.17) is 4.99 Å². The lowest BCUT2D eigenvalue weighted by Crippen LogP contribution is -2.38. The summed E-state index contributed by atoms with van der Waals surface area (Å²) in [5.41, 5.74) is 3.13. The van der Waals surface area contributed by atoms with Gasteiger partial charge < -0.3 is 15.1 Å². The molecule has 2 aromatic carbocycles. The van der Waals surface area contributed by atoms with Crippen LogP contribution in [0.5, 0.6) is 0 Å². The highest BCUT2D eigenvalue weighted by atomic mass is 127. The number of likely N-dealkylation sites (tertiary alicyclic amines) is 1. The first kappa shape index (κ1) is 24.1. The van der Waals surface area contributed by atoms with E-state index in [1.54, 1.807) is 12.1 Å². The fourth-order valence-electron chi connectivity index (χ4n) is 3.54. The number of nitrogens with zero attached hydrogens (tertiary/aromatic N) is 3. The summed E-state index contributed by atoms with van der Waals surface area (Å²) in [7, 11) is 1.95. The molecule has 0 aliphatic carbocycles. The second kappa shape index (κ2) is 11.9. The van der Waals surface area contributed by atoms with Crippen molar-refractivity contribution in [2.24, 2.45) is 4.99 Å². The predicted molar refractivity (Wildman–Crippen MR) is 129 cm³/mol. The zero-order valence-electron chi connectivity index (χ0n) is 17.6. The molecule has 1 amide bonds. The van der Waals surface area contributed by atoms with Gasteiger partial charge >= 0.3 is 0 Å². The van der Waals surface area contributed by atoms with Crippen molar-refractivity contribution in [3.05, 3.63) is 71.0 Å². The van der Waals surface area contributed by atoms with Crippen LogP contribution < -0.4 is 5.32 Å². The lowest BCUT2D eigenvalue weighted by molar-refractivity contribution is -0.128. The van der Waals surface area contributed by atoms with Crippen LogP contribution >= 0.6 is 24.0 Å². The molecule has 1 N–H and O–H groups in total. The molecular formula is C23H30FIN4O. The zero-order valence-corrected chi connectivity index (χ0v) is 19.9. The molecule has 0 bridgehead atoms. The van der Waals surface area contributed by atoms with Crippen LogP contribution in [0.2, 0.25) is 0 Å². The number of halogens is 2. The van der Waals surface area contributed by atoms with Crippen LogP contribution in [-0.4, -0.2) is 41.8 Å². The third kappa shape index (κ3) is 6.97. The molecule has 7 heteroatoms. The van der Waals surface area contributed by atoms with Gasteiger partial charge in [-0.1, -0.05) is 36.4 Å². The first-order valence-electron chi connectivity index (χ1n) is 10.1. The second-order valence-corrected chi connectivity index (χ2v) is 7.39. The molecule has 1 fully saturated rings. The monoisotopic (exact) mass is 524 g/mol. The smallest absolute Gasteiger partial charge is 0.222 e. The molecule has 1 heterocycles. The van der Waals surface area contributed by atoms with E-state index in [9.17, 15) is 9.18 Å². The van der Waals surface area contributed by atoms with Crippen LogP contribution in [0.25, 0.3) is 0 Å². The quantitative estimate of drug-likeness (QED) is 0.336. The summed E-state index contributed by atoms with van der Waals surface area (Å²) in [6, 6.07) is 14.9. The number of amides is 1. The highest BCUT2D eigenvalue weighted by Gasteiger charge is 2.19. The molecule has 30 heavy (non-hydrogen) atoms. The normalized spacial score (nSPS) is 13.9. The molecular weight excluding hydrogens is 494 g/mol. The van der Waals surface area contributed by atoms with Crippen LogP contribution in [-0.2, 0) is 24.4 Å². The van der Waals surface area contributed by atoms with E-state index < -0.39 is 0 Å². The molecule has 3 rings (SSSR count). The molecule has 0 atom stereocenters. The van der Waals surface area contributed by atoms with E-state index in [1.807, 2.05) is 35.9 Å². The van der Waals surface area contributed by atoms with Gasteiger partial charge in [-0.15, -0.1) is 24.0 Å². The van der Waals surface area contributed by atoms with E-state index in [2.05, 4.69) is 23.5 Å². The summed E-state index contributed by atoms with van der Waals surface area (Å²) < 4.78 is 13.5. The van der Waals surface area contributed by atoms with E-state index in [-0.39, 0.29) is 35.7 Å². The molecule has 1 saturated heterocycles. The van der Waals surface area contributed by atoms with Gasteiger partial charge in [0.1, 0.15) is 5.82 Å². The van der Waals surface area contributed by atoms with Crippen LogP contribution in [0.15, 0.2) is 53.5 Å². The zero-order chi connectivity index (χ0) is 20.6. The fraction of sp³-hybridized carbons (Fsp3) is 0.391. The molecule has 162 valence electrons. The van der Waals surface area contributed by atoms with E-state index in [0.717, 1.165) is 42.2 Å². The average molecular weight is 524 g/mol. The number of guanidine groups is 1. The van der Waals surface area contributed by atoms with Gasteiger partial charge in [0.2, 0.25) is 5.91 Å². The van der Waals surface area contributed by atoms with Crippen molar-refractivity contribution in [2.75, 3.05) is 20.1 Å². The van der Waals surface area contributed by atoms with Crippen molar-refractivity contribution in [1.29, 1.82) is 0 Å². The number of nitrogens with one attached hydrogen (secondary N) is 1. The van der Waals surface area contributed by atoms with Gasteiger partial charge in [-0.25, -0.2) is 9.38 Å². The van der Waals surface area contributed by atoms with E-state index >= 15 is 0 Å². The number of aliphatic imine (C=N–C) groups is 1. The molecule has 0 unspecified atom stereocenters. The molecule has 1 aliphatic rings. The highest BCUT2D eigenvalue weighted by molar-refractivity contribution is 14.0. The Morgan fingerprint density at radius 2 is 1.90 bits per heavy atom. The van der Waals surface area contributed by atoms with Crippen molar-refractivity contribution < 1.29 is 9.18 Å². The number of hydrogen-bond donors (Lipinski definition) is 1. The third-order valence-electron chi connectivity index (χ3n) is 4.95. The number of benzene rings is 2. The maximum absolute atomic E-state index is 13.5. The Morgan fingerprint density at radius 3 is 2.60 bits per heavy atom. The van der Waals surface area contributed by atoms with Gasteiger partial charge in [-0.05, 0) is 42.2 Å². The Labute approximate surface area is 195 Å². The van der Waals surface area contributed by atoms with Crippen LogP contribution in [0.3, 0.4) is 0 Å². The summed E-state index contributed by atoms with van der Waals surface area (Å²) >= 11 is 0. The molecule has 0 aromatic heterocycles. The topological polar surface area (TPSA) is 47.9 Å². The summed E-state index contributed by atoms with van der Waals surface area (Å²) in [4.78, 5) is 20.5. The molecule has 0 spiro atoms. The molecule has 1 aliphatic heterocycles. The minimum absolute atomic E-state index is 0. The van der Waals surface area contributed by atoms with Gasteiger partial charge in [-0.2, -0.15) is 0 Å². The first-order chi connectivity index (χ1) is 14.0. The molecule has 0 saturated carbocycles. The predicted octanol–water partition coefficient (Wildman–Crippen LogP) is 4.16. The summed E-state index contributed by atoms with van der Waals surface area (Å²) in [5, 5.41) is 3.30. The van der Waals surface area contributed by atoms with Crippen molar-refractivity contribution in [3.8, 4) is 0 Å². The van der Waals surface area contributed by atoms with Gasteiger partial charge in [0, 0.05) is 39.6 Å². The third-order valence-corrected chi connectivity index (χ3v) is 4.95. The largest absolute Gasteiger partial charge is 0.357 e. The maximum atomic E-state index is 13.5. The number of carbonyl (C=O) groups is 1. The lowest BCUT2D eigenvalue weighted by Gasteiger charge is -2.22. The van der Waals surface area contributed by atoms with Crippen LogP contribution in [0, 0.1) is 5.82 Å². The van der Waals surface area contributed by atoms with Crippen LogP contribution in [0.4, 0.5) is 4.39 Å². The highest BCUT2D eigenvalue weighted by Crippen LogP contribution is 2.16. The Bertz CT molecular complexity index is 874. The van der Waals surface area contributed by atoms with E-state index in [0.29, 0.717) is 26.1 Å². The lowest BCUT2D eigenvalue weighted by atomic mass is 10.1. The fourth-order valence-corrected chi connectivity index (χ4v) is 3.54. The van der Waals surface area contributed by atoms with Crippen molar-refractivity contribution in [2.45, 2.75) is 39.4 Å². The number of hydrogen-bond acceptors (Lipinski definition) is 2. The standard InChI is InChI=1S/C23H29FN4O.HI/c1-3-25-23(27(2)16-20-9-5-10-21(24)14-20)26-15-18-7-4-8-19(13-18)17-28-12-6-11-22(28)29;/h4-5,7-10,13-14H,3,6,11-12,15-17H2,1-2H3,(H,25,26);1H. The Morgan fingerprint density at radius 1 is 1.17 bits per heavy atom. The summed E-state index contributed by atoms with van der Waals surface area (Å²) in [6.45, 7) is 5.40. The Hall–Kier alpha value is -2.16. The maximum Gasteiger partial charge on any atom is 0.222 e. The SMILES string of the molecule is CCNC(=NCc1cccc(CN2CCCC2=O)c1)N(C)Cc1cccc(F)c1.I. The van der Waals surface area contributed by atoms with Gasteiger partial charge in [0.15, 0.2) is 5.96 Å². The van der Waals surface area contributed by atoms with Crippen molar-refractivity contribution >= 4 is 35.8 Å². The molecule has 0 radical (unpaired) electrons. The summed E-state index contributed by atoms with van der Waals surface area (Å²) in [5.74, 6) is 0.782.